The Morgan fingerprint density at radius 3 is 1.57 bits per heavy atom. The molecule has 0 bridgehead atoms. The second-order valence-electron chi connectivity index (χ2n) is 16.6. The quantitative estimate of drug-likeness (QED) is 0.0350. The van der Waals surface area contributed by atoms with E-state index in [1.54, 1.807) is 13.8 Å². The smallest absolute Gasteiger partial charge is 0.333 e. The van der Waals surface area contributed by atoms with E-state index in [9.17, 15) is 19.8 Å². The second-order valence-corrected chi connectivity index (χ2v) is 16.6. The van der Waals surface area contributed by atoms with Crippen molar-refractivity contribution >= 4 is 11.9 Å². The second kappa shape index (κ2) is 25.1. The molecule has 0 unspecified atom stereocenters. The van der Waals surface area contributed by atoms with Crippen molar-refractivity contribution in [3.63, 3.8) is 0 Å². The molecule has 0 atom stereocenters. The standard InChI is InChI=1S/C54H70O7/c1-8-11-13-16-41-19-21-43(22-20-41)44-23-25-45(26-24-44)50-28-27-46(34-42(50)10-3)49-35-47(17-14-31-60-52(57)39(4)5)51(48(36-49)18-15-32-61-53(58)40(6)7)59-33-30-54(37-55,38-56)29-12-9-2/h19-28,34-36,55-56H,4,6,8-18,29-33,37-38H2,1-3,5,7H3. The molecule has 0 heterocycles. The van der Waals surface area contributed by atoms with Gasteiger partial charge in [0.2, 0.25) is 0 Å². The number of aliphatic hydroxyl groups excluding tert-OH is 2. The number of ether oxygens (including phenoxy) is 3. The molecule has 0 amide bonds. The normalized spacial score (nSPS) is 11.3. The van der Waals surface area contributed by atoms with Crippen molar-refractivity contribution in [3.05, 3.63) is 125 Å². The number of rotatable bonds is 27. The molecule has 2 N–H and O–H groups in total. The van der Waals surface area contributed by atoms with Crippen LogP contribution in [0.1, 0.15) is 115 Å². The summed E-state index contributed by atoms with van der Waals surface area (Å²) in [5.74, 6) is -0.0966. The summed E-state index contributed by atoms with van der Waals surface area (Å²) in [6.07, 6.45) is 11.1. The number of aryl methyl sites for hydroxylation is 4. The van der Waals surface area contributed by atoms with Crippen molar-refractivity contribution in [2.45, 2.75) is 118 Å². The van der Waals surface area contributed by atoms with Gasteiger partial charge in [-0.3, -0.25) is 0 Å². The third-order valence-electron chi connectivity index (χ3n) is 11.6. The Morgan fingerprint density at radius 2 is 1.07 bits per heavy atom. The van der Waals surface area contributed by atoms with Gasteiger partial charge in [0.15, 0.2) is 0 Å². The monoisotopic (exact) mass is 831 g/mol. The summed E-state index contributed by atoms with van der Waals surface area (Å²) in [5.41, 5.74) is 11.5. The predicted molar refractivity (Wildman–Crippen MR) is 250 cm³/mol. The van der Waals surface area contributed by atoms with Gasteiger partial charge in [-0.05, 0) is 139 Å². The van der Waals surface area contributed by atoms with E-state index in [2.05, 4.69) is 113 Å². The van der Waals surface area contributed by atoms with E-state index in [-0.39, 0.29) is 26.4 Å². The number of esters is 2. The van der Waals surface area contributed by atoms with Gasteiger partial charge in [0, 0.05) is 16.6 Å². The summed E-state index contributed by atoms with van der Waals surface area (Å²) in [5, 5.41) is 20.7. The maximum atomic E-state index is 12.2. The van der Waals surface area contributed by atoms with E-state index < -0.39 is 17.4 Å². The molecular weight excluding hydrogens is 761 g/mol. The molecule has 0 saturated heterocycles. The average molecular weight is 831 g/mol. The fourth-order valence-electron chi connectivity index (χ4n) is 7.62. The van der Waals surface area contributed by atoms with Crippen molar-refractivity contribution in [1.29, 1.82) is 0 Å². The first-order valence-corrected chi connectivity index (χ1v) is 22.5. The van der Waals surface area contributed by atoms with E-state index in [1.807, 2.05) is 0 Å². The zero-order valence-electron chi connectivity index (χ0n) is 37.6. The van der Waals surface area contributed by atoms with Gasteiger partial charge in [-0.1, -0.05) is 126 Å². The number of aliphatic hydroxyl groups is 2. The van der Waals surface area contributed by atoms with Crippen LogP contribution < -0.4 is 4.74 Å². The lowest BCUT2D eigenvalue weighted by atomic mass is 9.81. The van der Waals surface area contributed by atoms with Crippen LogP contribution in [0.3, 0.4) is 0 Å². The van der Waals surface area contributed by atoms with Crippen LogP contribution in [-0.4, -0.2) is 55.2 Å². The molecule has 4 rings (SSSR count). The molecule has 7 nitrogen and oxygen atoms in total. The van der Waals surface area contributed by atoms with Gasteiger partial charge in [0.05, 0.1) is 33.0 Å². The Labute approximate surface area is 365 Å². The summed E-state index contributed by atoms with van der Waals surface area (Å²) in [4.78, 5) is 24.4. The van der Waals surface area contributed by atoms with Crippen molar-refractivity contribution in [3.8, 4) is 39.1 Å². The highest BCUT2D eigenvalue weighted by Gasteiger charge is 2.28. The van der Waals surface area contributed by atoms with Crippen LogP contribution in [0.2, 0.25) is 0 Å². The highest BCUT2D eigenvalue weighted by molar-refractivity contribution is 5.87. The van der Waals surface area contributed by atoms with Crippen molar-refractivity contribution in [2.75, 3.05) is 33.0 Å². The zero-order valence-corrected chi connectivity index (χ0v) is 37.6. The fourth-order valence-corrected chi connectivity index (χ4v) is 7.62. The van der Waals surface area contributed by atoms with Crippen LogP contribution in [0.5, 0.6) is 5.75 Å². The van der Waals surface area contributed by atoms with E-state index in [0.29, 0.717) is 56.3 Å². The van der Waals surface area contributed by atoms with E-state index >= 15 is 0 Å². The van der Waals surface area contributed by atoms with Gasteiger partial charge in [-0.2, -0.15) is 0 Å². The number of carbonyl (C=O) groups is 2. The van der Waals surface area contributed by atoms with E-state index in [4.69, 9.17) is 14.2 Å². The lowest BCUT2D eigenvalue weighted by Crippen LogP contribution is -2.32. The van der Waals surface area contributed by atoms with Gasteiger partial charge >= 0.3 is 11.9 Å². The van der Waals surface area contributed by atoms with Crippen LogP contribution in [0.25, 0.3) is 33.4 Å². The molecule has 0 aliphatic rings. The third kappa shape index (κ3) is 14.6. The minimum atomic E-state index is -0.637. The maximum Gasteiger partial charge on any atom is 0.333 e. The van der Waals surface area contributed by atoms with Gasteiger partial charge in [-0.25, -0.2) is 9.59 Å². The lowest BCUT2D eigenvalue weighted by Gasteiger charge is -2.30. The molecule has 0 fully saturated rings. The van der Waals surface area contributed by atoms with Gasteiger partial charge in [-0.15, -0.1) is 0 Å². The molecule has 0 saturated carbocycles. The number of carbonyl (C=O) groups excluding carboxylic acids is 2. The minimum Gasteiger partial charge on any atom is -0.493 e. The molecule has 0 radical (unpaired) electrons. The summed E-state index contributed by atoms with van der Waals surface area (Å²) in [7, 11) is 0. The van der Waals surface area contributed by atoms with Gasteiger partial charge < -0.3 is 24.4 Å². The Morgan fingerprint density at radius 1 is 0.557 bits per heavy atom. The van der Waals surface area contributed by atoms with Crippen LogP contribution in [0.15, 0.2) is 103 Å². The Hall–Kier alpha value is -4.98. The highest BCUT2D eigenvalue weighted by Crippen LogP contribution is 2.37. The Bertz CT molecular complexity index is 1970. The molecule has 7 heteroatoms. The summed E-state index contributed by atoms with van der Waals surface area (Å²) >= 11 is 0. The number of hydrogen-bond acceptors (Lipinski definition) is 7. The summed E-state index contributed by atoms with van der Waals surface area (Å²) in [6, 6.07) is 28.8. The minimum absolute atomic E-state index is 0.124. The average Bonchev–Trinajstić information content (AvgIpc) is 3.28. The van der Waals surface area contributed by atoms with Crippen LogP contribution >= 0.6 is 0 Å². The molecule has 61 heavy (non-hydrogen) atoms. The lowest BCUT2D eigenvalue weighted by molar-refractivity contribution is -0.139. The van der Waals surface area contributed by atoms with Gasteiger partial charge in [0.25, 0.3) is 0 Å². The number of benzene rings is 4. The van der Waals surface area contributed by atoms with Gasteiger partial charge in [0.1, 0.15) is 5.75 Å². The van der Waals surface area contributed by atoms with Crippen molar-refractivity contribution < 1.29 is 34.0 Å². The largest absolute Gasteiger partial charge is 0.493 e. The topological polar surface area (TPSA) is 102 Å². The van der Waals surface area contributed by atoms with Crippen molar-refractivity contribution in [2.24, 2.45) is 5.41 Å². The zero-order chi connectivity index (χ0) is 44.2. The van der Waals surface area contributed by atoms with Crippen LogP contribution in [-0.2, 0) is 44.7 Å². The van der Waals surface area contributed by atoms with E-state index in [0.717, 1.165) is 53.7 Å². The molecule has 4 aromatic rings. The first-order valence-electron chi connectivity index (χ1n) is 22.5. The molecule has 0 aliphatic carbocycles. The number of unbranched alkanes of at least 4 members (excludes halogenated alkanes) is 3. The fraction of sp³-hybridized carbons (Fsp3) is 0.444. The SMILES string of the molecule is C=C(C)C(=O)OCCCc1cc(-c2ccc(-c3ccc(-c4ccc(CCCCC)cc4)cc3)c(CC)c2)cc(CCCOC(=O)C(=C)C)c1OCCC(CO)(CO)CCCC. The number of hydrogen-bond donors (Lipinski definition) is 2. The predicted octanol–water partition coefficient (Wildman–Crippen LogP) is 12.0. The Balaban J connectivity index is 1.68. The molecule has 0 aliphatic heterocycles. The highest BCUT2D eigenvalue weighted by atomic mass is 16.5. The Kier molecular flexibility index (Phi) is 20.0. The molecule has 4 aromatic carbocycles. The summed E-state index contributed by atoms with van der Waals surface area (Å²) in [6.45, 7) is 17.7. The first-order chi connectivity index (χ1) is 29.5. The maximum absolute atomic E-state index is 12.2. The van der Waals surface area contributed by atoms with Crippen molar-refractivity contribution in [1.82, 2.24) is 0 Å². The molecule has 0 aromatic heterocycles. The molecule has 0 spiro atoms. The molecular formula is C54H70O7. The third-order valence-corrected chi connectivity index (χ3v) is 11.6. The van der Waals surface area contributed by atoms with Crippen LogP contribution in [0, 0.1) is 5.41 Å². The van der Waals surface area contributed by atoms with E-state index in [1.165, 1.54) is 52.6 Å². The molecule has 328 valence electrons. The summed E-state index contributed by atoms with van der Waals surface area (Å²) < 4.78 is 17.6. The van der Waals surface area contributed by atoms with Crippen LogP contribution in [0.4, 0.5) is 0 Å². The first kappa shape index (κ1) is 48.7.